The van der Waals surface area contributed by atoms with Gasteiger partial charge in [0.1, 0.15) is 5.75 Å². The first kappa shape index (κ1) is 17.8. The maximum Gasteiger partial charge on any atom is 0.317 e. The van der Waals surface area contributed by atoms with Crippen molar-refractivity contribution in [3.8, 4) is 5.75 Å². The van der Waals surface area contributed by atoms with Crippen LogP contribution < -0.4 is 20.5 Å². The van der Waals surface area contributed by atoms with Gasteiger partial charge in [0.25, 0.3) is 0 Å². The van der Waals surface area contributed by atoms with Crippen LogP contribution in [-0.2, 0) is 16.4 Å². The summed E-state index contributed by atoms with van der Waals surface area (Å²) in [5, 5.41) is 10.3. The number of urea groups is 1. The second kappa shape index (κ2) is 8.32. The summed E-state index contributed by atoms with van der Waals surface area (Å²) in [6, 6.07) is 15.0. The largest absolute Gasteiger partial charge is 0.473 e. The summed E-state index contributed by atoms with van der Waals surface area (Å²) < 4.78 is 27.6. The van der Waals surface area contributed by atoms with Gasteiger partial charge in [-0.2, -0.15) is 0 Å². The molecule has 2 aromatic rings. The Balaban J connectivity index is 1.67. The zero-order valence-electron chi connectivity index (χ0n) is 12.9. The van der Waals surface area contributed by atoms with Crippen molar-refractivity contribution in [3.63, 3.8) is 0 Å². The van der Waals surface area contributed by atoms with Crippen LogP contribution in [0.1, 0.15) is 5.56 Å². The van der Waals surface area contributed by atoms with Crippen molar-refractivity contribution in [1.29, 1.82) is 0 Å². The molecule has 0 aromatic heterocycles. The Morgan fingerprint density at radius 3 is 2.29 bits per heavy atom. The molecule has 0 unspecified atom stereocenters. The van der Waals surface area contributed by atoms with E-state index in [4.69, 9.17) is 9.88 Å². The summed E-state index contributed by atoms with van der Waals surface area (Å²) in [7, 11) is -3.68. The molecule has 0 radical (unpaired) electrons. The Bertz CT molecular complexity index is 762. The number of carbonyl (C=O) groups is 1. The van der Waals surface area contributed by atoms with E-state index in [0.29, 0.717) is 18.7 Å². The first-order chi connectivity index (χ1) is 11.4. The number of hydrogen-bond acceptors (Lipinski definition) is 4. The zero-order chi connectivity index (χ0) is 17.4. The van der Waals surface area contributed by atoms with E-state index < -0.39 is 10.0 Å². The maximum atomic E-state index is 11.6. The lowest BCUT2D eigenvalue weighted by atomic mass is 10.1. The molecule has 2 aromatic carbocycles. The highest BCUT2D eigenvalue weighted by atomic mass is 32.2. The standard InChI is InChI=1S/C16H19N3O4S/c17-24(21,22)15-8-6-13(7-9-15)10-11-18-16(20)19-12-23-14-4-2-1-3-5-14/h1-9H,10-12H2,(H2,17,21,22)(H2,18,19,20). The summed E-state index contributed by atoms with van der Waals surface area (Å²) in [5.41, 5.74) is 0.892. The lowest BCUT2D eigenvalue weighted by molar-refractivity contribution is 0.224. The molecule has 24 heavy (non-hydrogen) atoms. The number of nitrogens with one attached hydrogen (secondary N) is 2. The molecule has 0 aliphatic carbocycles. The normalized spacial score (nSPS) is 10.9. The molecule has 8 heteroatoms. The van der Waals surface area contributed by atoms with Crippen molar-refractivity contribution in [3.05, 3.63) is 60.2 Å². The SMILES string of the molecule is NS(=O)(=O)c1ccc(CCNC(=O)NCOc2ccccc2)cc1. The lowest BCUT2D eigenvalue weighted by Gasteiger charge is -2.09. The number of sulfonamides is 1. The summed E-state index contributed by atoms with van der Waals surface area (Å²) in [6.45, 7) is 0.477. The molecule has 0 aliphatic rings. The molecule has 0 fully saturated rings. The topological polar surface area (TPSA) is 111 Å². The van der Waals surface area contributed by atoms with Crippen LogP contribution in [0.5, 0.6) is 5.75 Å². The average Bonchev–Trinajstić information content (AvgIpc) is 2.55. The quantitative estimate of drug-likeness (QED) is 0.653. The van der Waals surface area contributed by atoms with Gasteiger partial charge in [-0.15, -0.1) is 0 Å². The van der Waals surface area contributed by atoms with Crippen LogP contribution in [0.15, 0.2) is 59.5 Å². The first-order valence-corrected chi connectivity index (χ1v) is 8.81. The molecular formula is C16H19N3O4S. The van der Waals surface area contributed by atoms with Gasteiger partial charge in [-0.05, 0) is 36.2 Å². The van der Waals surface area contributed by atoms with E-state index >= 15 is 0 Å². The molecule has 0 aliphatic heterocycles. The number of carbonyl (C=O) groups excluding carboxylic acids is 1. The minimum absolute atomic E-state index is 0.0648. The number of nitrogens with two attached hydrogens (primary N) is 1. The van der Waals surface area contributed by atoms with Crippen LogP contribution in [0.4, 0.5) is 4.79 Å². The highest BCUT2D eigenvalue weighted by molar-refractivity contribution is 7.89. The van der Waals surface area contributed by atoms with Gasteiger partial charge in [-0.3, -0.25) is 0 Å². The van der Waals surface area contributed by atoms with Crippen molar-refractivity contribution in [2.75, 3.05) is 13.3 Å². The predicted molar refractivity (Wildman–Crippen MR) is 90.0 cm³/mol. The molecule has 2 rings (SSSR count). The number of para-hydroxylation sites is 1. The van der Waals surface area contributed by atoms with Gasteiger partial charge in [0, 0.05) is 6.54 Å². The number of ether oxygens (including phenoxy) is 1. The highest BCUT2D eigenvalue weighted by Gasteiger charge is 2.06. The third-order valence-electron chi connectivity index (χ3n) is 3.17. The molecule has 7 nitrogen and oxygen atoms in total. The van der Waals surface area contributed by atoms with E-state index in [1.54, 1.807) is 24.3 Å². The van der Waals surface area contributed by atoms with Crippen molar-refractivity contribution in [2.24, 2.45) is 5.14 Å². The fourth-order valence-corrected chi connectivity index (χ4v) is 2.45. The van der Waals surface area contributed by atoms with E-state index in [1.165, 1.54) is 12.1 Å². The predicted octanol–water partition coefficient (Wildman–Crippen LogP) is 1.21. The number of primary sulfonamides is 1. The number of benzene rings is 2. The second-order valence-corrected chi connectivity index (χ2v) is 6.53. The van der Waals surface area contributed by atoms with Gasteiger partial charge in [0.2, 0.25) is 10.0 Å². The van der Waals surface area contributed by atoms with Crippen LogP contribution in [0.3, 0.4) is 0 Å². The van der Waals surface area contributed by atoms with Crippen LogP contribution in [0.2, 0.25) is 0 Å². The molecule has 0 saturated carbocycles. The molecule has 128 valence electrons. The number of amides is 2. The van der Waals surface area contributed by atoms with E-state index in [-0.39, 0.29) is 17.7 Å². The Morgan fingerprint density at radius 2 is 1.67 bits per heavy atom. The van der Waals surface area contributed by atoms with Gasteiger partial charge in [-0.25, -0.2) is 18.4 Å². The van der Waals surface area contributed by atoms with Gasteiger partial charge in [0.05, 0.1) is 4.90 Å². The van der Waals surface area contributed by atoms with Crippen LogP contribution >= 0.6 is 0 Å². The molecule has 0 atom stereocenters. The molecule has 0 bridgehead atoms. The number of hydrogen-bond donors (Lipinski definition) is 3. The highest BCUT2D eigenvalue weighted by Crippen LogP contribution is 2.09. The summed E-state index contributed by atoms with van der Waals surface area (Å²) >= 11 is 0. The van der Waals surface area contributed by atoms with Gasteiger partial charge in [-0.1, -0.05) is 30.3 Å². The van der Waals surface area contributed by atoms with E-state index in [0.717, 1.165) is 5.56 Å². The van der Waals surface area contributed by atoms with Crippen LogP contribution in [0.25, 0.3) is 0 Å². The van der Waals surface area contributed by atoms with Crippen molar-refractivity contribution >= 4 is 16.1 Å². The minimum Gasteiger partial charge on any atom is -0.473 e. The second-order valence-electron chi connectivity index (χ2n) is 4.97. The van der Waals surface area contributed by atoms with E-state index in [9.17, 15) is 13.2 Å². The Labute approximate surface area is 140 Å². The molecule has 0 saturated heterocycles. The Morgan fingerprint density at radius 1 is 1.00 bits per heavy atom. The van der Waals surface area contributed by atoms with E-state index in [1.807, 2.05) is 18.2 Å². The van der Waals surface area contributed by atoms with Gasteiger partial charge in [0.15, 0.2) is 6.73 Å². The summed E-state index contributed by atoms with van der Waals surface area (Å²) in [4.78, 5) is 11.7. The van der Waals surface area contributed by atoms with Crippen molar-refractivity contribution in [1.82, 2.24) is 10.6 Å². The fourth-order valence-electron chi connectivity index (χ4n) is 1.93. The summed E-state index contributed by atoms with van der Waals surface area (Å²) in [5.74, 6) is 0.674. The minimum atomic E-state index is -3.68. The molecule has 4 N–H and O–H groups in total. The summed E-state index contributed by atoms with van der Waals surface area (Å²) in [6.07, 6.45) is 0.567. The van der Waals surface area contributed by atoms with Gasteiger partial charge < -0.3 is 15.4 Å². The third kappa shape index (κ3) is 5.90. The van der Waals surface area contributed by atoms with Crippen molar-refractivity contribution < 1.29 is 17.9 Å². The maximum absolute atomic E-state index is 11.6. The Kier molecular flexibility index (Phi) is 6.16. The monoisotopic (exact) mass is 349 g/mol. The fraction of sp³-hybridized carbons (Fsp3) is 0.188. The van der Waals surface area contributed by atoms with Crippen molar-refractivity contribution in [2.45, 2.75) is 11.3 Å². The van der Waals surface area contributed by atoms with Crippen LogP contribution in [0, 0.1) is 0 Å². The number of rotatable bonds is 7. The molecular weight excluding hydrogens is 330 g/mol. The smallest absolute Gasteiger partial charge is 0.317 e. The zero-order valence-corrected chi connectivity index (χ0v) is 13.8. The molecule has 0 heterocycles. The molecule has 2 amide bonds. The lowest BCUT2D eigenvalue weighted by Crippen LogP contribution is -2.38. The average molecular weight is 349 g/mol. The molecule has 0 spiro atoms. The van der Waals surface area contributed by atoms with Gasteiger partial charge >= 0.3 is 6.03 Å². The van der Waals surface area contributed by atoms with E-state index in [2.05, 4.69) is 10.6 Å². The Hall–Kier alpha value is -2.58. The first-order valence-electron chi connectivity index (χ1n) is 7.26. The van der Waals surface area contributed by atoms with Crippen LogP contribution in [-0.4, -0.2) is 27.7 Å². The third-order valence-corrected chi connectivity index (χ3v) is 4.10.